The summed E-state index contributed by atoms with van der Waals surface area (Å²) in [6.45, 7) is 4.41. The molecule has 0 unspecified atom stereocenters. The Morgan fingerprint density at radius 1 is 1.24 bits per heavy atom. The highest BCUT2D eigenvalue weighted by Gasteiger charge is 2.42. The summed E-state index contributed by atoms with van der Waals surface area (Å²) in [6.07, 6.45) is 5.08. The Hall–Kier alpha value is -3.69. The van der Waals surface area contributed by atoms with Gasteiger partial charge in [-0.3, -0.25) is 14.5 Å². The number of carbonyl (C=O) groups is 2. The van der Waals surface area contributed by atoms with Crippen molar-refractivity contribution in [3.8, 4) is 5.69 Å². The van der Waals surface area contributed by atoms with E-state index in [0.717, 1.165) is 5.69 Å². The van der Waals surface area contributed by atoms with Gasteiger partial charge < -0.3 is 15.8 Å². The number of nitrogens with one attached hydrogen (secondary N) is 1. The molecule has 1 aromatic heterocycles. The molecule has 3 aromatic rings. The fraction of sp³-hybridized carbons (Fsp3) is 0.333. The van der Waals surface area contributed by atoms with E-state index in [2.05, 4.69) is 10.4 Å². The van der Waals surface area contributed by atoms with E-state index >= 15 is 0 Å². The summed E-state index contributed by atoms with van der Waals surface area (Å²) < 4.78 is 7.30. The van der Waals surface area contributed by atoms with E-state index in [-0.39, 0.29) is 36.3 Å². The van der Waals surface area contributed by atoms with Gasteiger partial charge in [-0.05, 0) is 57.0 Å². The van der Waals surface area contributed by atoms with Gasteiger partial charge in [0.25, 0.3) is 5.91 Å². The van der Waals surface area contributed by atoms with Crippen LogP contribution in [0, 0.1) is 0 Å². The van der Waals surface area contributed by atoms with Gasteiger partial charge in [-0.2, -0.15) is 5.10 Å². The zero-order valence-corrected chi connectivity index (χ0v) is 21.5. The minimum absolute atomic E-state index is 0.0388. The van der Waals surface area contributed by atoms with Crippen LogP contribution < -0.4 is 11.1 Å². The molecular formula is C27H29ClN6O3. The summed E-state index contributed by atoms with van der Waals surface area (Å²) in [6, 6.07) is 14.2. The van der Waals surface area contributed by atoms with Crippen LogP contribution in [-0.4, -0.2) is 51.2 Å². The third-order valence-electron chi connectivity index (χ3n) is 6.90. The third-order valence-corrected chi connectivity index (χ3v) is 7.31. The van der Waals surface area contributed by atoms with Gasteiger partial charge in [0.1, 0.15) is 0 Å². The molecule has 3 atom stereocenters. The molecule has 37 heavy (non-hydrogen) atoms. The average molecular weight is 521 g/mol. The van der Waals surface area contributed by atoms with Crippen molar-refractivity contribution in [2.75, 3.05) is 11.9 Å². The number of hydrogen-bond acceptors (Lipinski definition) is 6. The van der Waals surface area contributed by atoms with E-state index in [1.54, 1.807) is 52.3 Å². The fourth-order valence-corrected chi connectivity index (χ4v) is 5.44. The van der Waals surface area contributed by atoms with Crippen LogP contribution in [0.3, 0.4) is 0 Å². The number of ether oxygens (including phenoxy) is 1. The van der Waals surface area contributed by atoms with E-state index in [0.29, 0.717) is 41.3 Å². The van der Waals surface area contributed by atoms with E-state index in [1.807, 2.05) is 32.0 Å². The number of aliphatic imine (C=N–C) groups is 1. The summed E-state index contributed by atoms with van der Waals surface area (Å²) in [5.41, 5.74) is 7.65. The van der Waals surface area contributed by atoms with Crippen LogP contribution in [0.2, 0.25) is 5.02 Å². The van der Waals surface area contributed by atoms with Gasteiger partial charge in [0.05, 0.1) is 34.5 Å². The first kappa shape index (κ1) is 25.0. The minimum Gasteiger partial charge on any atom is -0.378 e. The molecule has 0 spiro atoms. The molecule has 0 bridgehead atoms. The number of nitrogens with zero attached hydrogens (tertiary/aromatic N) is 4. The molecule has 2 aromatic carbocycles. The Balaban J connectivity index is 1.39. The molecule has 0 aliphatic carbocycles. The first-order valence-electron chi connectivity index (χ1n) is 12.2. The van der Waals surface area contributed by atoms with Crippen LogP contribution in [-0.2, 0) is 15.1 Å². The summed E-state index contributed by atoms with van der Waals surface area (Å²) in [4.78, 5) is 32.7. The van der Waals surface area contributed by atoms with Crippen molar-refractivity contribution < 1.29 is 14.3 Å². The highest BCUT2D eigenvalue weighted by atomic mass is 35.5. The molecule has 2 aliphatic heterocycles. The van der Waals surface area contributed by atoms with Crippen LogP contribution in [0.1, 0.15) is 49.0 Å². The third kappa shape index (κ3) is 4.97. The van der Waals surface area contributed by atoms with Gasteiger partial charge in [0.2, 0.25) is 5.91 Å². The Bertz CT molecular complexity index is 1360. The number of halogens is 1. The lowest BCUT2D eigenvalue weighted by Crippen LogP contribution is -2.56. The predicted molar refractivity (Wildman–Crippen MR) is 142 cm³/mol. The lowest BCUT2D eigenvalue weighted by molar-refractivity contribution is -0.133. The number of aromatic nitrogens is 2. The molecule has 3 heterocycles. The summed E-state index contributed by atoms with van der Waals surface area (Å²) in [5.74, 6) is -0.241. The van der Waals surface area contributed by atoms with Crippen LogP contribution in [0.15, 0.2) is 65.9 Å². The van der Waals surface area contributed by atoms with Crippen LogP contribution in [0.4, 0.5) is 5.69 Å². The molecule has 0 saturated carbocycles. The average Bonchev–Trinajstić information content (AvgIpc) is 3.40. The first-order valence-corrected chi connectivity index (χ1v) is 12.6. The van der Waals surface area contributed by atoms with Crippen LogP contribution >= 0.6 is 11.6 Å². The molecule has 2 aliphatic rings. The van der Waals surface area contributed by atoms with Crippen molar-refractivity contribution in [1.82, 2.24) is 14.7 Å². The normalized spacial score (nSPS) is 24.0. The van der Waals surface area contributed by atoms with E-state index in [9.17, 15) is 9.59 Å². The number of anilines is 1. The standard InChI is InChI=1S/C27H29ClN6O3/c1-17-14-20(10-13-37-17)34-23(35)16-27(2,32-26(34)29)21-8-4-9-22(24(21)28)31-25(36)18-6-3-7-19(15-18)33-12-5-11-30-33/h3-9,11-12,15,17,20H,10,13-14,16H2,1-2H3,(H2,29,32)(H,31,36)/t17-,20-,27+/m1/s1. The largest absolute Gasteiger partial charge is 0.378 e. The Morgan fingerprint density at radius 3 is 2.78 bits per heavy atom. The van der Waals surface area contributed by atoms with Crippen LogP contribution in [0.5, 0.6) is 0 Å². The lowest BCUT2D eigenvalue weighted by Gasteiger charge is -2.41. The number of hydrogen-bond donors (Lipinski definition) is 2. The molecule has 0 radical (unpaired) electrons. The van der Waals surface area contributed by atoms with Gasteiger partial charge in [-0.1, -0.05) is 29.8 Å². The molecule has 2 amide bonds. The number of amides is 2. The maximum absolute atomic E-state index is 13.3. The second-order valence-corrected chi connectivity index (χ2v) is 10.0. The minimum atomic E-state index is -0.966. The van der Waals surface area contributed by atoms with Gasteiger partial charge in [-0.15, -0.1) is 0 Å². The number of nitrogens with two attached hydrogens (primary N) is 1. The van der Waals surface area contributed by atoms with Gasteiger partial charge in [0.15, 0.2) is 5.96 Å². The topological polar surface area (TPSA) is 115 Å². The van der Waals surface area contributed by atoms with Gasteiger partial charge >= 0.3 is 0 Å². The molecule has 10 heteroatoms. The molecule has 1 saturated heterocycles. The molecule has 9 nitrogen and oxygen atoms in total. The smallest absolute Gasteiger partial charge is 0.255 e. The maximum Gasteiger partial charge on any atom is 0.255 e. The van der Waals surface area contributed by atoms with E-state index < -0.39 is 5.54 Å². The highest BCUT2D eigenvalue weighted by molar-refractivity contribution is 6.35. The van der Waals surface area contributed by atoms with E-state index in [4.69, 9.17) is 27.1 Å². The highest BCUT2D eigenvalue weighted by Crippen LogP contribution is 2.41. The first-order chi connectivity index (χ1) is 17.7. The second kappa shape index (κ2) is 9.99. The number of benzene rings is 2. The SMILES string of the molecule is C[C@@H]1C[C@H](N2C(=O)C[C@@](C)(c3cccc(NC(=O)c4cccc(-n5cccn5)c4)c3Cl)N=C2N)CCO1. The van der Waals surface area contributed by atoms with Crippen molar-refractivity contribution in [2.45, 2.75) is 50.8 Å². The Labute approximate surface area is 220 Å². The zero-order chi connectivity index (χ0) is 26.2. The zero-order valence-electron chi connectivity index (χ0n) is 20.7. The van der Waals surface area contributed by atoms with E-state index in [1.165, 1.54) is 0 Å². The predicted octanol–water partition coefficient (Wildman–Crippen LogP) is 4.11. The van der Waals surface area contributed by atoms with Crippen molar-refractivity contribution >= 4 is 35.1 Å². The summed E-state index contributed by atoms with van der Waals surface area (Å²) in [5, 5.41) is 7.42. The summed E-state index contributed by atoms with van der Waals surface area (Å²) >= 11 is 6.80. The monoisotopic (exact) mass is 520 g/mol. The van der Waals surface area contributed by atoms with Crippen molar-refractivity contribution in [3.63, 3.8) is 0 Å². The maximum atomic E-state index is 13.3. The Kier molecular flexibility index (Phi) is 6.74. The number of rotatable bonds is 5. The van der Waals surface area contributed by atoms with Crippen molar-refractivity contribution in [1.29, 1.82) is 0 Å². The van der Waals surface area contributed by atoms with Crippen molar-refractivity contribution in [2.24, 2.45) is 10.7 Å². The molecule has 192 valence electrons. The Morgan fingerprint density at radius 2 is 2.05 bits per heavy atom. The molecular weight excluding hydrogens is 492 g/mol. The number of carbonyl (C=O) groups excluding carboxylic acids is 2. The summed E-state index contributed by atoms with van der Waals surface area (Å²) in [7, 11) is 0. The second-order valence-electron chi connectivity index (χ2n) is 9.67. The lowest BCUT2D eigenvalue weighted by atomic mass is 9.86. The van der Waals surface area contributed by atoms with Crippen LogP contribution in [0.25, 0.3) is 5.69 Å². The molecule has 5 rings (SSSR count). The quantitative estimate of drug-likeness (QED) is 0.525. The number of guanidine groups is 1. The van der Waals surface area contributed by atoms with Gasteiger partial charge in [0, 0.05) is 36.2 Å². The molecule has 3 N–H and O–H groups in total. The van der Waals surface area contributed by atoms with Gasteiger partial charge in [-0.25, -0.2) is 9.67 Å². The van der Waals surface area contributed by atoms with Crippen molar-refractivity contribution in [3.05, 3.63) is 77.1 Å². The molecule has 1 fully saturated rings. The fourth-order valence-electron chi connectivity index (χ4n) is 5.06.